The van der Waals surface area contributed by atoms with Gasteiger partial charge in [0.1, 0.15) is 0 Å². The minimum atomic E-state index is 0.00939. The van der Waals surface area contributed by atoms with Crippen LogP contribution in [0.5, 0.6) is 0 Å². The molecule has 0 fully saturated rings. The van der Waals surface area contributed by atoms with Gasteiger partial charge in [-0.2, -0.15) is 0 Å². The third kappa shape index (κ3) is 5.74. The lowest BCUT2D eigenvalue weighted by molar-refractivity contribution is -0.114. The Morgan fingerprint density at radius 1 is 1.10 bits per heavy atom. The van der Waals surface area contributed by atoms with Gasteiger partial charge < -0.3 is 4.90 Å². The molecule has 0 aliphatic rings. The molecular formula is C19H29NO. The van der Waals surface area contributed by atoms with Crippen molar-refractivity contribution >= 4 is 11.6 Å². The van der Waals surface area contributed by atoms with Crippen LogP contribution >= 0.6 is 0 Å². The number of nitrogens with zero attached hydrogens (tertiary/aromatic N) is 1. The maximum atomic E-state index is 12.3. The summed E-state index contributed by atoms with van der Waals surface area (Å²) in [5.74, 6) is 0.00939. The van der Waals surface area contributed by atoms with Crippen LogP contribution in [0.15, 0.2) is 43.0 Å². The van der Waals surface area contributed by atoms with Crippen molar-refractivity contribution in [3.8, 4) is 0 Å². The lowest BCUT2D eigenvalue weighted by Crippen LogP contribution is -2.39. The van der Waals surface area contributed by atoms with Gasteiger partial charge in [0.2, 0.25) is 0 Å². The summed E-state index contributed by atoms with van der Waals surface area (Å²) in [6, 6.07) is 10.2. The van der Waals surface area contributed by atoms with E-state index in [4.69, 9.17) is 0 Å². The van der Waals surface area contributed by atoms with Crippen LogP contribution in [0, 0.1) is 0 Å². The van der Waals surface area contributed by atoms with Crippen molar-refractivity contribution in [2.45, 2.75) is 64.8 Å². The van der Waals surface area contributed by atoms with E-state index < -0.39 is 0 Å². The number of para-hydroxylation sites is 1. The molecule has 1 rings (SSSR count). The first-order valence-electron chi connectivity index (χ1n) is 8.25. The number of amides is 1. The van der Waals surface area contributed by atoms with Crippen molar-refractivity contribution in [1.82, 2.24) is 0 Å². The predicted octanol–water partition coefficient (Wildman–Crippen LogP) is 5.34. The number of carbonyl (C=O) groups is 1. The van der Waals surface area contributed by atoms with Gasteiger partial charge in [0.05, 0.1) is 0 Å². The summed E-state index contributed by atoms with van der Waals surface area (Å²) in [7, 11) is 0. The number of rotatable bonds is 10. The van der Waals surface area contributed by atoms with E-state index in [1.165, 1.54) is 31.8 Å². The normalized spacial score (nSPS) is 11.9. The Hall–Kier alpha value is -1.57. The second-order valence-electron chi connectivity index (χ2n) is 5.54. The van der Waals surface area contributed by atoms with Gasteiger partial charge in [0.25, 0.3) is 5.91 Å². The molecule has 1 amide bonds. The molecule has 0 N–H and O–H groups in total. The Morgan fingerprint density at radius 2 is 1.81 bits per heavy atom. The van der Waals surface area contributed by atoms with Crippen molar-refractivity contribution in [3.05, 3.63) is 43.0 Å². The Balaban J connectivity index is 2.85. The van der Waals surface area contributed by atoms with E-state index in [2.05, 4.69) is 20.4 Å². The third-order valence-corrected chi connectivity index (χ3v) is 3.82. The second kappa shape index (κ2) is 10.2. The Morgan fingerprint density at radius 3 is 2.38 bits per heavy atom. The van der Waals surface area contributed by atoms with Crippen molar-refractivity contribution in [2.24, 2.45) is 0 Å². The molecule has 0 saturated heterocycles. The summed E-state index contributed by atoms with van der Waals surface area (Å²) in [6.07, 6.45) is 9.59. The zero-order chi connectivity index (χ0) is 15.5. The van der Waals surface area contributed by atoms with Gasteiger partial charge in [0, 0.05) is 11.7 Å². The first kappa shape index (κ1) is 17.5. The largest absolute Gasteiger partial charge is 0.306 e. The van der Waals surface area contributed by atoms with E-state index in [1.54, 1.807) is 0 Å². The summed E-state index contributed by atoms with van der Waals surface area (Å²) < 4.78 is 0. The fourth-order valence-electron chi connectivity index (χ4n) is 2.75. The average Bonchev–Trinajstić information content (AvgIpc) is 2.52. The van der Waals surface area contributed by atoms with Gasteiger partial charge in [0.15, 0.2) is 0 Å². The number of benzene rings is 1. The molecule has 0 bridgehead atoms. The molecule has 0 radical (unpaired) electrons. The van der Waals surface area contributed by atoms with Gasteiger partial charge in [-0.05, 0) is 31.1 Å². The number of hydrogen-bond donors (Lipinski definition) is 0. The van der Waals surface area contributed by atoms with Crippen molar-refractivity contribution in [1.29, 1.82) is 0 Å². The van der Waals surface area contributed by atoms with Gasteiger partial charge >= 0.3 is 0 Å². The number of anilines is 1. The highest BCUT2D eigenvalue weighted by Crippen LogP contribution is 2.23. The highest BCUT2D eigenvalue weighted by Gasteiger charge is 2.22. The average molecular weight is 287 g/mol. The van der Waals surface area contributed by atoms with Crippen LogP contribution in [-0.4, -0.2) is 11.9 Å². The fourth-order valence-corrected chi connectivity index (χ4v) is 2.75. The summed E-state index contributed by atoms with van der Waals surface area (Å²) in [5.41, 5.74) is 0.983. The standard InChI is InChI=1S/C19H29NO/c1-4-7-8-10-14-17(13-5-2)20(19(21)6-3)18-15-11-9-12-16-18/h6,9,11-12,15-17H,3-5,7-8,10,13-14H2,1-2H3. The lowest BCUT2D eigenvalue weighted by atomic mass is 10.0. The Bertz CT molecular complexity index is 413. The number of hydrogen-bond acceptors (Lipinski definition) is 1. The molecule has 1 atom stereocenters. The van der Waals surface area contributed by atoms with Crippen LogP contribution in [-0.2, 0) is 4.79 Å². The Labute approximate surface area is 129 Å². The van der Waals surface area contributed by atoms with E-state index in [-0.39, 0.29) is 11.9 Å². The molecule has 21 heavy (non-hydrogen) atoms. The summed E-state index contributed by atoms with van der Waals surface area (Å²) in [5, 5.41) is 0. The molecule has 0 spiro atoms. The predicted molar refractivity (Wildman–Crippen MR) is 91.6 cm³/mol. The zero-order valence-corrected chi connectivity index (χ0v) is 13.6. The molecule has 0 aromatic heterocycles. The zero-order valence-electron chi connectivity index (χ0n) is 13.6. The molecular weight excluding hydrogens is 258 g/mol. The lowest BCUT2D eigenvalue weighted by Gasteiger charge is -2.31. The van der Waals surface area contributed by atoms with Crippen molar-refractivity contribution < 1.29 is 4.79 Å². The topological polar surface area (TPSA) is 20.3 Å². The molecule has 0 saturated carbocycles. The van der Waals surface area contributed by atoms with Crippen LogP contribution in [0.1, 0.15) is 58.8 Å². The van der Waals surface area contributed by atoms with E-state index in [9.17, 15) is 4.79 Å². The fraction of sp³-hybridized carbons (Fsp3) is 0.526. The number of unbranched alkanes of at least 4 members (excludes halogenated alkanes) is 3. The third-order valence-electron chi connectivity index (χ3n) is 3.82. The monoisotopic (exact) mass is 287 g/mol. The molecule has 1 aromatic rings. The van der Waals surface area contributed by atoms with Crippen LogP contribution in [0.2, 0.25) is 0 Å². The van der Waals surface area contributed by atoms with E-state index in [1.807, 2.05) is 35.2 Å². The first-order valence-corrected chi connectivity index (χ1v) is 8.25. The van der Waals surface area contributed by atoms with Crippen LogP contribution in [0.3, 0.4) is 0 Å². The number of carbonyl (C=O) groups excluding carboxylic acids is 1. The van der Waals surface area contributed by atoms with E-state index in [0.717, 1.165) is 24.9 Å². The van der Waals surface area contributed by atoms with E-state index >= 15 is 0 Å². The summed E-state index contributed by atoms with van der Waals surface area (Å²) in [6.45, 7) is 8.07. The van der Waals surface area contributed by atoms with Crippen molar-refractivity contribution in [2.75, 3.05) is 4.90 Å². The first-order chi connectivity index (χ1) is 10.2. The quantitative estimate of drug-likeness (QED) is 0.420. The SMILES string of the molecule is C=CC(=O)N(c1ccccc1)C(CCC)CCCCCC. The van der Waals surface area contributed by atoms with Crippen LogP contribution < -0.4 is 4.90 Å². The van der Waals surface area contributed by atoms with Gasteiger partial charge in [-0.3, -0.25) is 4.79 Å². The Kier molecular flexibility index (Phi) is 8.49. The minimum Gasteiger partial charge on any atom is -0.306 e. The van der Waals surface area contributed by atoms with Gasteiger partial charge in [-0.1, -0.05) is 70.7 Å². The molecule has 116 valence electrons. The maximum absolute atomic E-state index is 12.3. The van der Waals surface area contributed by atoms with Gasteiger partial charge in [-0.25, -0.2) is 0 Å². The smallest absolute Gasteiger partial charge is 0.250 e. The molecule has 1 unspecified atom stereocenters. The van der Waals surface area contributed by atoms with Crippen molar-refractivity contribution in [3.63, 3.8) is 0 Å². The molecule has 0 heterocycles. The van der Waals surface area contributed by atoms with E-state index in [0.29, 0.717) is 0 Å². The minimum absolute atomic E-state index is 0.00939. The summed E-state index contributed by atoms with van der Waals surface area (Å²) >= 11 is 0. The maximum Gasteiger partial charge on any atom is 0.250 e. The molecule has 0 aliphatic carbocycles. The van der Waals surface area contributed by atoms with Crippen LogP contribution in [0.4, 0.5) is 5.69 Å². The summed E-state index contributed by atoms with van der Waals surface area (Å²) in [4.78, 5) is 14.3. The molecule has 2 heteroatoms. The molecule has 0 aliphatic heterocycles. The molecule has 2 nitrogen and oxygen atoms in total. The van der Waals surface area contributed by atoms with Crippen LogP contribution in [0.25, 0.3) is 0 Å². The highest BCUT2D eigenvalue weighted by atomic mass is 16.2. The van der Waals surface area contributed by atoms with Gasteiger partial charge in [-0.15, -0.1) is 0 Å². The second-order valence-corrected chi connectivity index (χ2v) is 5.54. The highest BCUT2D eigenvalue weighted by molar-refractivity contribution is 6.01. The molecule has 1 aromatic carbocycles.